The van der Waals surface area contributed by atoms with E-state index >= 15 is 0 Å². The second-order valence-electron chi connectivity index (χ2n) is 3.06. The van der Waals surface area contributed by atoms with Gasteiger partial charge in [0, 0.05) is 5.56 Å². The third-order valence-corrected chi connectivity index (χ3v) is 1.96. The minimum Gasteiger partial charge on any atom is -0.462 e. The lowest BCUT2D eigenvalue weighted by molar-refractivity contribution is 0.0520. The first-order valence-corrected chi connectivity index (χ1v) is 4.70. The highest BCUT2D eigenvalue weighted by atomic mass is 19.3. The van der Waals surface area contributed by atoms with E-state index in [1.807, 2.05) is 0 Å². The molecule has 0 aliphatic heterocycles. The van der Waals surface area contributed by atoms with Crippen LogP contribution in [0.4, 0.5) is 13.2 Å². The Morgan fingerprint density at radius 3 is 2.65 bits per heavy atom. The van der Waals surface area contributed by atoms with Gasteiger partial charge in [0.05, 0.1) is 12.2 Å². The van der Waals surface area contributed by atoms with Crippen molar-refractivity contribution in [1.29, 1.82) is 5.26 Å². The van der Waals surface area contributed by atoms with Crippen molar-refractivity contribution in [2.45, 2.75) is 13.3 Å². The molecule has 0 atom stereocenters. The molecule has 6 heteroatoms. The third kappa shape index (κ3) is 2.75. The van der Waals surface area contributed by atoms with Crippen molar-refractivity contribution >= 4 is 5.97 Å². The van der Waals surface area contributed by atoms with Crippen LogP contribution in [0.25, 0.3) is 0 Å². The van der Waals surface area contributed by atoms with Crippen molar-refractivity contribution in [3.63, 3.8) is 0 Å². The minimum absolute atomic E-state index is 0.000257. The molecular formula is C11H8F3NO2. The number of halogens is 3. The first-order valence-electron chi connectivity index (χ1n) is 4.70. The molecule has 1 rings (SSSR count). The highest BCUT2D eigenvalue weighted by molar-refractivity contribution is 5.92. The predicted octanol–water partition coefficient (Wildman–Crippen LogP) is 2.81. The number of esters is 1. The number of alkyl halides is 2. The van der Waals surface area contributed by atoms with Gasteiger partial charge in [-0.25, -0.2) is 18.0 Å². The summed E-state index contributed by atoms with van der Waals surface area (Å²) in [6.07, 6.45) is -2.91. The van der Waals surface area contributed by atoms with Crippen LogP contribution in [0.15, 0.2) is 12.1 Å². The second-order valence-corrected chi connectivity index (χ2v) is 3.06. The number of hydrogen-bond donors (Lipinski definition) is 0. The number of hydrogen-bond acceptors (Lipinski definition) is 3. The molecule has 1 aromatic rings. The highest BCUT2D eigenvalue weighted by Gasteiger charge is 2.21. The number of carbonyl (C=O) groups is 1. The molecule has 0 spiro atoms. The van der Waals surface area contributed by atoms with Gasteiger partial charge in [0.1, 0.15) is 17.4 Å². The Balaban J connectivity index is 3.32. The normalized spacial score (nSPS) is 10.1. The maximum atomic E-state index is 13.4. The standard InChI is InChI=1S/C11H8F3NO2/c1-2-17-11(16)9-7(5-15)3-6(10(13)14)4-8(9)12/h3-4,10H,2H2,1H3. The predicted molar refractivity (Wildman–Crippen MR) is 52.0 cm³/mol. The summed E-state index contributed by atoms with van der Waals surface area (Å²) in [6, 6.07) is 2.80. The van der Waals surface area contributed by atoms with Crippen molar-refractivity contribution in [3.8, 4) is 6.07 Å². The van der Waals surface area contributed by atoms with Gasteiger partial charge in [-0.15, -0.1) is 0 Å². The molecule has 90 valence electrons. The fourth-order valence-electron chi connectivity index (χ4n) is 1.25. The maximum Gasteiger partial charge on any atom is 0.342 e. The molecule has 0 radical (unpaired) electrons. The van der Waals surface area contributed by atoms with Gasteiger partial charge in [-0.05, 0) is 19.1 Å². The van der Waals surface area contributed by atoms with E-state index in [9.17, 15) is 18.0 Å². The van der Waals surface area contributed by atoms with Gasteiger partial charge in [0.15, 0.2) is 0 Å². The molecule has 0 N–H and O–H groups in total. The van der Waals surface area contributed by atoms with Crippen LogP contribution in [-0.2, 0) is 4.74 Å². The summed E-state index contributed by atoms with van der Waals surface area (Å²) in [5.41, 5.74) is -1.72. The van der Waals surface area contributed by atoms with E-state index in [2.05, 4.69) is 4.74 Å². The van der Waals surface area contributed by atoms with Gasteiger partial charge in [-0.1, -0.05) is 0 Å². The van der Waals surface area contributed by atoms with Gasteiger partial charge >= 0.3 is 5.97 Å². The lowest BCUT2D eigenvalue weighted by Crippen LogP contribution is -2.10. The van der Waals surface area contributed by atoms with Crippen LogP contribution in [0.2, 0.25) is 0 Å². The van der Waals surface area contributed by atoms with Crippen LogP contribution < -0.4 is 0 Å². The third-order valence-electron chi connectivity index (χ3n) is 1.96. The lowest BCUT2D eigenvalue weighted by Gasteiger charge is -2.07. The Morgan fingerprint density at radius 1 is 1.53 bits per heavy atom. The summed E-state index contributed by atoms with van der Waals surface area (Å²) in [5.74, 6) is -2.22. The molecule has 0 aliphatic rings. The van der Waals surface area contributed by atoms with E-state index in [1.165, 1.54) is 13.0 Å². The van der Waals surface area contributed by atoms with Crippen LogP contribution in [-0.4, -0.2) is 12.6 Å². The van der Waals surface area contributed by atoms with Crippen LogP contribution in [0.3, 0.4) is 0 Å². The molecule has 0 heterocycles. The first-order chi connectivity index (χ1) is 8.01. The number of rotatable bonds is 3. The van der Waals surface area contributed by atoms with E-state index in [4.69, 9.17) is 5.26 Å². The molecular weight excluding hydrogens is 235 g/mol. The van der Waals surface area contributed by atoms with Gasteiger partial charge in [-0.2, -0.15) is 5.26 Å². The van der Waals surface area contributed by atoms with E-state index in [1.54, 1.807) is 0 Å². The SMILES string of the molecule is CCOC(=O)c1c(F)cc(C(F)F)cc1C#N. The van der Waals surface area contributed by atoms with Crippen molar-refractivity contribution in [3.05, 3.63) is 34.6 Å². The molecule has 0 amide bonds. The molecule has 17 heavy (non-hydrogen) atoms. The maximum absolute atomic E-state index is 13.4. The summed E-state index contributed by atoms with van der Waals surface area (Å²) < 4.78 is 42.7. The van der Waals surface area contributed by atoms with E-state index < -0.39 is 34.9 Å². The Kier molecular flexibility index (Phi) is 4.10. The van der Waals surface area contributed by atoms with Crippen LogP contribution in [0, 0.1) is 17.1 Å². The van der Waals surface area contributed by atoms with Gasteiger partial charge in [0.2, 0.25) is 0 Å². The largest absolute Gasteiger partial charge is 0.462 e. The summed E-state index contributed by atoms with van der Waals surface area (Å²) >= 11 is 0. The zero-order valence-corrected chi connectivity index (χ0v) is 8.84. The second kappa shape index (κ2) is 5.34. The molecule has 0 fully saturated rings. The molecule has 0 saturated heterocycles. The van der Waals surface area contributed by atoms with Crippen molar-refractivity contribution in [2.75, 3.05) is 6.61 Å². The zero-order chi connectivity index (χ0) is 13.0. The first kappa shape index (κ1) is 13.0. The van der Waals surface area contributed by atoms with Crippen LogP contribution in [0.1, 0.15) is 34.8 Å². The number of benzene rings is 1. The van der Waals surface area contributed by atoms with E-state index in [-0.39, 0.29) is 6.61 Å². The fourth-order valence-corrected chi connectivity index (χ4v) is 1.25. The monoisotopic (exact) mass is 243 g/mol. The Hall–Kier alpha value is -2.03. The van der Waals surface area contributed by atoms with Crippen LogP contribution >= 0.6 is 0 Å². The fraction of sp³-hybridized carbons (Fsp3) is 0.273. The van der Waals surface area contributed by atoms with Crippen molar-refractivity contribution in [2.24, 2.45) is 0 Å². The molecule has 0 unspecified atom stereocenters. The van der Waals surface area contributed by atoms with Gasteiger partial charge < -0.3 is 4.74 Å². The number of ether oxygens (including phenoxy) is 1. The number of nitrogens with zero attached hydrogens (tertiary/aromatic N) is 1. The molecule has 3 nitrogen and oxygen atoms in total. The number of nitriles is 1. The Morgan fingerprint density at radius 2 is 2.18 bits per heavy atom. The molecule has 0 bridgehead atoms. The average Bonchev–Trinajstić information content (AvgIpc) is 2.27. The lowest BCUT2D eigenvalue weighted by atomic mass is 10.0. The molecule has 1 aromatic carbocycles. The summed E-state index contributed by atoms with van der Waals surface area (Å²) in [5, 5.41) is 8.70. The van der Waals surface area contributed by atoms with Crippen molar-refractivity contribution in [1.82, 2.24) is 0 Å². The van der Waals surface area contributed by atoms with Crippen LogP contribution in [0.5, 0.6) is 0 Å². The highest BCUT2D eigenvalue weighted by Crippen LogP contribution is 2.24. The number of carbonyl (C=O) groups excluding carboxylic acids is 1. The zero-order valence-electron chi connectivity index (χ0n) is 8.84. The summed E-state index contributed by atoms with van der Waals surface area (Å²) in [7, 11) is 0. The topological polar surface area (TPSA) is 50.1 Å². The molecule has 0 saturated carbocycles. The van der Waals surface area contributed by atoms with Gasteiger partial charge in [-0.3, -0.25) is 0 Å². The Labute approximate surface area is 95.4 Å². The van der Waals surface area contributed by atoms with E-state index in [0.29, 0.717) is 6.07 Å². The van der Waals surface area contributed by atoms with Gasteiger partial charge in [0.25, 0.3) is 6.43 Å². The smallest absolute Gasteiger partial charge is 0.342 e. The summed E-state index contributed by atoms with van der Waals surface area (Å²) in [6.45, 7) is 1.51. The average molecular weight is 243 g/mol. The molecule has 0 aromatic heterocycles. The Bertz CT molecular complexity index is 480. The van der Waals surface area contributed by atoms with E-state index in [0.717, 1.165) is 6.07 Å². The van der Waals surface area contributed by atoms with Crippen molar-refractivity contribution < 1.29 is 22.7 Å². The quantitative estimate of drug-likeness (QED) is 0.767. The summed E-state index contributed by atoms with van der Waals surface area (Å²) in [4.78, 5) is 11.3. The molecule has 0 aliphatic carbocycles. The minimum atomic E-state index is -2.91.